The van der Waals surface area contributed by atoms with Crippen molar-refractivity contribution >= 4 is 5.78 Å². The summed E-state index contributed by atoms with van der Waals surface area (Å²) < 4.78 is 5.97. The fourth-order valence-corrected chi connectivity index (χ4v) is 4.58. The number of β-amino-alcohol motifs (C(OH)–C–C–N with tert-alkyl or cyclic N) is 1. The molecule has 3 aromatic carbocycles. The van der Waals surface area contributed by atoms with Crippen LogP contribution in [0.5, 0.6) is 5.75 Å². The van der Waals surface area contributed by atoms with Gasteiger partial charge in [0.15, 0.2) is 5.78 Å². The Labute approximate surface area is 206 Å². The second-order valence-electron chi connectivity index (χ2n) is 9.27. The predicted octanol–water partition coefficient (Wildman–Crippen LogP) is 3.55. The van der Waals surface area contributed by atoms with Gasteiger partial charge in [0.2, 0.25) is 0 Å². The van der Waals surface area contributed by atoms with Crippen molar-refractivity contribution in [2.24, 2.45) is 0 Å². The van der Waals surface area contributed by atoms with Gasteiger partial charge in [-0.05, 0) is 36.1 Å². The van der Waals surface area contributed by atoms with Gasteiger partial charge in [0.05, 0.1) is 18.3 Å². The number of aliphatic hydroxyl groups excluding tert-OH is 1. The molecule has 1 aliphatic heterocycles. The van der Waals surface area contributed by atoms with E-state index in [0.717, 1.165) is 11.1 Å². The van der Waals surface area contributed by atoms with Gasteiger partial charge in [0.1, 0.15) is 11.9 Å². The number of rotatable bonds is 10. The molecule has 3 N–H and O–H groups in total. The average Bonchev–Trinajstić information content (AvgIpc) is 2.90. The lowest BCUT2D eigenvalue weighted by molar-refractivity contribution is -0.0483. The van der Waals surface area contributed by atoms with Gasteiger partial charge in [-0.25, -0.2) is 0 Å². The first-order chi connectivity index (χ1) is 16.9. The molecule has 0 bridgehead atoms. The zero-order valence-electron chi connectivity index (χ0n) is 19.8. The number of aromatic hydroxyl groups is 1. The minimum atomic E-state index is -0.837. The molecule has 0 amide bonds. The van der Waals surface area contributed by atoms with Crippen molar-refractivity contribution in [2.45, 2.75) is 37.1 Å². The largest absolute Gasteiger partial charge is 0.508 e. The molecule has 6 heteroatoms. The Bertz CT molecular complexity index is 1060. The molecule has 1 heterocycles. The summed E-state index contributed by atoms with van der Waals surface area (Å²) in [6.45, 7) is 1.78. The van der Waals surface area contributed by atoms with Gasteiger partial charge in [0, 0.05) is 31.6 Å². The first kappa shape index (κ1) is 25.1. The van der Waals surface area contributed by atoms with Gasteiger partial charge in [-0.15, -0.1) is 0 Å². The highest BCUT2D eigenvalue weighted by atomic mass is 16.5. The lowest BCUT2D eigenvalue weighted by Crippen LogP contribution is -2.46. The lowest BCUT2D eigenvalue weighted by atomic mass is 9.84. The van der Waals surface area contributed by atoms with E-state index in [-0.39, 0.29) is 18.1 Å². The zero-order valence-corrected chi connectivity index (χ0v) is 19.8. The Balaban J connectivity index is 1.33. The first-order valence-electron chi connectivity index (χ1n) is 12.1. The number of phenolic OH excluding ortho intramolecular Hbond substituents is 1. The summed E-state index contributed by atoms with van der Waals surface area (Å²) in [6.07, 6.45) is 0.0280. The van der Waals surface area contributed by atoms with E-state index in [1.165, 1.54) is 0 Å². The fraction of sp³-hybridized carbons (Fsp3) is 0.345. The third kappa shape index (κ3) is 6.77. The van der Waals surface area contributed by atoms with Gasteiger partial charge in [0.25, 0.3) is 0 Å². The van der Waals surface area contributed by atoms with Crippen molar-refractivity contribution in [2.75, 3.05) is 26.2 Å². The number of hydrogen-bond donors (Lipinski definition) is 3. The van der Waals surface area contributed by atoms with Crippen molar-refractivity contribution in [1.29, 1.82) is 0 Å². The van der Waals surface area contributed by atoms with E-state index in [1.54, 1.807) is 36.4 Å². The highest BCUT2D eigenvalue weighted by molar-refractivity contribution is 5.99. The van der Waals surface area contributed by atoms with Crippen LogP contribution in [0, 0.1) is 0 Å². The summed E-state index contributed by atoms with van der Waals surface area (Å²) in [7, 11) is 0. The minimum absolute atomic E-state index is 0.0285. The maximum absolute atomic E-state index is 13.1. The monoisotopic (exact) mass is 475 g/mol. The summed E-state index contributed by atoms with van der Waals surface area (Å²) in [5, 5.41) is 31.3. The van der Waals surface area contributed by atoms with Crippen LogP contribution >= 0.6 is 0 Å². The maximum Gasteiger partial charge on any atom is 0.191 e. The smallest absolute Gasteiger partial charge is 0.191 e. The molecule has 1 saturated heterocycles. The summed E-state index contributed by atoms with van der Waals surface area (Å²) in [5.41, 5.74) is 1.51. The Morgan fingerprint density at radius 2 is 1.51 bits per heavy atom. The number of phenols is 1. The molecular weight excluding hydrogens is 442 g/mol. The number of carbonyl (C=O) groups excluding carboxylic acids is 1. The van der Waals surface area contributed by atoms with E-state index < -0.39 is 17.8 Å². The minimum Gasteiger partial charge on any atom is -0.508 e. The molecule has 3 aromatic rings. The fourth-order valence-electron chi connectivity index (χ4n) is 4.58. The van der Waals surface area contributed by atoms with Crippen molar-refractivity contribution in [1.82, 2.24) is 4.90 Å². The maximum atomic E-state index is 13.1. The molecular formula is C29H33NO5. The zero-order chi connectivity index (χ0) is 24.7. The molecule has 0 saturated carbocycles. The molecule has 35 heavy (non-hydrogen) atoms. The Hall–Kier alpha value is -3.03. The molecule has 0 spiro atoms. The third-order valence-electron chi connectivity index (χ3n) is 6.66. The summed E-state index contributed by atoms with van der Waals surface area (Å²) >= 11 is 0. The number of ketones is 1. The van der Waals surface area contributed by atoms with Crippen LogP contribution in [-0.4, -0.2) is 64.5 Å². The third-order valence-corrected chi connectivity index (χ3v) is 6.66. The Morgan fingerprint density at radius 3 is 2.14 bits per heavy atom. The van der Waals surface area contributed by atoms with Gasteiger partial charge >= 0.3 is 0 Å². The van der Waals surface area contributed by atoms with Crippen LogP contribution in [0.25, 0.3) is 0 Å². The van der Waals surface area contributed by atoms with E-state index in [2.05, 4.69) is 4.90 Å². The molecule has 0 aliphatic carbocycles. The van der Waals surface area contributed by atoms with Crippen LogP contribution in [0.15, 0.2) is 84.9 Å². The van der Waals surface area contributed by atoms with Crippen LogP contribution in [-0.2, 0) is 16.8 Å². The molecule has 1 aliphatic rings. The highest BCUT2D eigenvalue weighted by Gasteiger charge is 2.34. The number of carbonyl (C=O) groups is 1. The van der Waals surface area contributed by atoms with Crippen LogP contribution in [0.3, 0.4) is 0 Å². The summed E-state index contributed by atoms with van der Waals surface area (Å²) in [5.74, 6) is 0.0218. The van der Waals surface area contributed by atoms with Crippen LogP contribution in [0.2, 0.25) is 0 Å². The number of benzene rings is 3. The van der Waals surface area contributed by atoms with E-state index in [1.807, 2.05) is 48.5 Å². The number of nitrogens with zero attached hydrogens (tertiary/aromatic N) is 1. The number of piperidine rings is 1. The number of ether oxygens (including phenoxy) is 1. The average molecular weight is 476 g/mol. The number of likely N-dealkylation sites (tertiary alicyclic amines) is 1. The van der Waals surface area contributed by atoms with E-state index in [9.17, 15) is 20.1 Å². The van der Waals surface area contributed by atoms with Gasteiger partial charge < -0.3 is 25.0 Å². The second kappa shape index (κ2) is 11.6. The standard InChI is InChI=1S/C29H33NO5/c31-25-13-11-22(12-14-25)19-27(28(33)23-7-3-1-4-8-23)35-21-26(32)20-30-17-15-29(34,16-18-30)24-9-5-2-6-10-24/h1-14,26-27,31-32,34H,15-21H2. The second-order valence-corrected chi connectivity index (χ2v) is 9.27. The van der Waals surface area contributed by atoms with Gasteiger partial charge in [-0.3, -0.25) is 4.79 Å². The van der Waals surface area contributed by atoms with E-state index in [4.69, 9.17) is 4.74 Å². The Morgan fingerprint density at radius 1 is 0.914 bits per heavy atom. The van der Waals surface area contributed by atoms with Gasteiger partial charge in [-0.2, -0.15) is 0 Å². The Kier molecular flexibility index (Phi) is 8.31. The van der Waals surface area contributed by atoms with E-state index in [0.29, 0.717) is 44.5 Å². The lowest BCUT2D eigenvalue weighted by Gasteiger charge is -2.39. The molecule has 4 rings (SSSR count). The van der Waals surface area contributed by atoms with Crippen LogP contribution in [0.4, 0.5) is 0 Å². The topological polar surface area (TPSA) is 90.2 Å². The number of aliphatic hydroxyl groups is 2. The predicted molar refractivity (Wildman–Crippen MR) is 134 cm³/mol. The summed E-state index contributed by atoms with van der Waals surface area (Å²) in [4.78, 5) is 15.3. The first-order valence-corrected chi connectivity index (χ1v) is 12.1. The molecule has 0 aromatic heterocycles. The number of hydrogen-bond acceptors (Lipinski definition) is 6. The molecule has 0 radical (unpaired) electrons. The number of Topliss-reactive ketones (excluding diaryl/α,β-unsaturated/α-hetero) is 1. The van der Waals surface area contributed by atoms with Gasteiger partial charge in [-0.1, -0.05) is 72.8 Å². The van der Waals surface area contributed by atoms with E-state index >= 15 is 0 Å². The summed E-state index contributed by atoms with van der Waals surface area (Å²) in [6, 6.07) is 25.4. The highest BCUT2D eigenvalue weighted by Crippen LogP contribution is 2.32. The van der Waals surface area contributed by atoms with Crippen molar-refractivity contribution < 1.29 is 24.9 Å². The molecule has 2 atom stereocenters. The molecule has 2 unspecified atom stereocenters. The molecule has 6 nitrogen and oxygen atoms in total. The van der Waals surface area contributed by atoms with Crippen molar-refractivity contribution in [3.05, 3.63) is 102 Å². The quantitative estimate of drug-likeness (QED) is 0.389. The molecule has 184 valence electrons. The normalized spacial score (nSPS) is 17.5. The SMILES string of the molecule is O=C(c1ccccc1)C(Cc1ccc(O)cc1)OCC(O)CN1CCC(O)(c2ccccc2)CC1. The van der Waals surface area contributed by atoms with Crippen molar-refractivity contribution in [3.8, 4) is 5.75 Å². The van der Waals surface area contributed by atoms with Crippen LogP contribution < -0.4 is 0 Å². The van der Waals surface area contributed by atoms with Crippen LogP contribution in [0.1, 0.15) is 34.3 Å². The molecule has 1 fully saturated rings. The van der Waals surface area contributed by atoms with Crippen molar-refractivity contribution in [3.63, 3.8) is 0 Å².